The predicted octanol–water partition coefficient (Wildman–Crippen LogP) is 7.07. The number of esters is 1. The van der Waals surface area contributed by atoms with Crippen molar-refractivity contribution in [3.05, 3.63) is 59.7 Å². The molecule has 2 saturated heterocycles. The number of rotatable bonds is 8. The lowest BCUT2D eigenvalue weighted by atomic mass is 9.81. The minimum absolute atomic E-state index is 0.0194. The second kappa shape index (κ2) is 23.0. The van der Waals surface area contributed by atoms with Gasteiger partial charge in [0.25, 0.3) is 11.7 Å². The number of amides is 1. The molecule has 3 aliphatic heterocycles. The van der Waals surface area contributed by atoms with Gasteiger partial charge in [-0.25, -0.2) is 4.79 Å². The summed E-state index contributed by atoms with van der Waals surface area (Å²) in [6.45, 7) is 11.2. The molecule has 14 nitrogen and oxygen atoms in total. The summed E-state index contributed by atoms with van der Waals surface area (Å²) in [5, 5.41) is 37.4. The molecule has 3 fully saturated rings. The molecule has 2 aromatic carbocycles. The van der Waals surface area contributed by atoms with Crippen LogP contribution in [0.1, 0.15) is 112 Å². The molecule has 370 valence electrons. The van der Waals surface area contributed by atoms with Gasteiger partial charge in [-0.05, 0) is 131 Å². The van der Waals surface area contributed by atoms with Gasteiger partial charge in [-0.1, -0.05) is 57.6 Å². The Morgan fingerprint density at radius 2 is 1.52 bits per heavy atom. The van der Waals surface area contributed by atoms with Crippen molar-refractivity contribution in [2.24, 2.45) is 29.6 Å². The van der Waals surface area contributed by atoms with Crippen LogP contribution in [0.15, 0.2) is 59.7 Å². The molecule has 1 saturated carbocycles. The number of hydrogen-bond acceptors (Lipinski definition) is 13. The SMILES string of the molecule is CCC1C=C(C)CC(C)CC(OC)C2OC(O)(C(=O)C(=O)N3CCCCC3C(=O)OC(C(C)=CC3CCC(Oc4ccc5cc(OC)ccc5c4)C(O)C3)C(C)C(O)CC1=O)C(C)CC2OC. The number of allylic oxidation sites excluding steroid dienone is 3. The molecule has 1 amide bonds. The molecule has 0 radical (unpaired) electrons. The summed E-state index contributed by atoms with van der Waals surface area (Å²) < 4.78 is 36.1. The van der Waals surface area contributed by atoms with Crippen LogP contribution in [0.4, 0.5) is 0 Å². The topological polar surface area (TPSA) is 188 Å². The van der Waals surface area contributed by atoms with Crippen molar-refractivity contribution in [3.8, 4) is 11.5 Å². The first kappa shape index (κ1) is 52.2. The smallest absolute Gasteiger partial charge is 0.329 e. The van der Waals surface area contributed by atoms with Gasteiger partial charge in [0.1, 0.15) is 41.6 Å². The van der Waals surface area contributed by atoms with E-state index in [0.29, 0.717) is 62.7 Å². The van der Waals surface area contributed by atoms with E-state index >= 15 is 0 Å². The van der Waals surface area contributed by atoms with E-state index in [1.165, 1.54) is 19.1 Å². The van der Waals surface area contributed by atoms with Gasteiger partial charge in [-0.15, -0.1) is 0 Å². The molecule has 14 atom stereocenters. The summed E-state index contributed by atoms with van der Waals surface area (Å²) in [6, 6.07) is 10.4. The monoisotopic (exact) mass is 934 g/mol. The number of cyclic esters (lactones) is 1. The van der Waals surface area contributed by atoms with Crippen LogP contribution in [0, 0.1) is 29.6 Å². The third-order valence-corrected chi connectivity index (χ3v) is 14.9. The standard InChI is InChI=1S/C53H75NO13/c1-10-36-22-30(2)21-31(3)23-46(63-8)49-47(64-9)25-33(5)53(61,67-49)50(58)51(59)54-20-12-11-13-41(54)52(60)66-48(34(6)42(55)29-43(36)56)32(4)24-35-14-19-45(44(57)26-35)65-40-18-16-37-27-39(62-7)17-15-38(37)28-40/h15-18,22,24,27-28,31,33-36,41-42,44-49,55,57,61H,10-14,19-21,23,25-26,29H2,1-9H3. The Kier molecular flexibility index (Phi) is 17.9. The fourth-order valence-electron chi connectivity index (χ4n) is 10.9. The summed E-state index contributed by atoms with van der Waals surface area (Å²) in [7, 11) is 4.69. The van der Waals surface area contributed by atoms with Gasteiger partial charge in [0, 0.05) is 44.9 Å². The molecule has 4 aliphatic rings. The first-order valence-corrected chi connectivity index (χ1v) is 24.4. The van der Waals surface area contributed by atoms with Crippen LogP contribution in [-0.4, -0.2) is 126 Å². The molecule has 2 bridgehead atoms. The molecule has 3 heterocycles. The van der Waals surface area contributed by atoms with E-state index in [1.54, 1.807) is 21.0 Å². The fourth-order valence-corrected chi connectivity index (χ4v) is 10.9. The van der Waals surface area contributed by atoms with Crippen LogP contribution < -0.4 is 9.47 Å². The van der Waals surface area contributed by atoms with Gasteiger partial charge < -0.3 is 48.6 Å². The van der Waals surface area contributed by atoms with Gasteiger partial charge in [0.2, 0.25) is 5.79 Å². The second-order valence-electron chi connectivity index (χ2n) is 19.9. The number of Topliss-reactive ketones (excluding diaryl/α,β-unsaturated/α-hetero) is 2. The lowest BCUT2D eigenvalue weighted by molar-refractivity contribution is -0.302. The van der Waals surface area contributed by atoms with Crippen LogP contribution in [0.25, 0.3) is 10.8 Å². The van der Waals surface area contributed by atoms with E-state index in [-0.39, 0.29) is 43.4 Å². The fraction of sp³-hybridized carbons (Fsp3) is 0.660. The minimum Gasteiger partial charge on any atom is -0.497 e. The number of piperidine rings is 1. The molecule has 6 rings (SSSR count). The molecule has 2 aromatic rings. The average Bonchev–Trinajstić information content (AvgIpc) is 3.31. The van der Waals surface area contributed by atoms with Crippen molar-refractivity contribution in [1.29, 1.82) is 0 Å². The summed E-state index contributed by atoms with van der Waals surface area (Å²) in [5.74, 6) is -6.41. The van der Waals surface area contributed by atoms with Crippen LogP contribution in [0.3, 0.4) is 0 Å². The quantitative estimate of drug-likeness (QED) is 0.139. The van der Waals surface area contributed by atoms with Gasteiger partial charge in [-0.3, -0.25) is 14.4 Å². The third-order valence-electron chi connectivity index (χ3n) is 14.9. The number of benzene rings is 2. The Morgan fingerprint density at radius 1 is 0.851 bits per heavy atom. The van der Waals surface area contributed by atoms with Gasteiger partial charge in [-0.2, -0.15) is 0 Å². The number of aliphatic hydroxyl groups excluding tert-OH is 2. The highest BCUT2D eigenvalue weighted by Crippen LogP contribution is 2.40. The number of fused-ring (bicyclic) bond motifs is 4. The van der Waals surface area contributed by atoms with Gasteiger partial charge >= 0.3 is 5.97 Å². The van der Waals surface area contributed by atoms with Crippen molar-refractivity contribution >= 4 is 34.2 Å². The van der Waals surface area contributed by atoms with Crippen LogP contribution in [-0.2, 0) is 38.1 Å². The predicted molar refractivity (Wildman–Crippen MR) is 252 cm³/mol. The molecular formula is C53H75NO13. The largest absolute Gasteiger partial charge is 0.497 e. The number of aliphatic hydroxyl groups is 3. The molecule has 14 unspecified atom stereocenters. The van der Waals surface area contributed by atoms with Crippen LogP contribution in [0.5, 0.6) is 11.5 Å². The summed E-state index contributed by atoms with van der Waals surface area (Å²) in [6.07, 6.45) is 2.91. The maximum atomic E-state index is 14.5. The molecule has 67 heavy (non-hydrogen) atoms. The summed E-state index contributed by atoms with van der Waals surface area (Å²) in [5.41, 5.74) is 1.61. The van der Waals surface area contributed by atoms with Crippen molar-refractivity contribution in [1.82, 2.24) is 4.90 Å². The Morgan fingerprint density at radius 3 is 2.18 bits per heavy atom. The van der Waals surface area contributed by atoms with E-state index in [2.05, 4.69) is 6.92 Å². The molecule has 1 aliphatic carbocycles. The lowest BCUT2D eigenvalue weighted by Crippen LogP contribution is -2.64. The van der Waals surface area contributed by atoms with E-state index in [1.807, 2.05) is 69.3 Å². The molecule has 3 N–H and O–H groups in total. The Balaban J connectivity index is 1.28. The highest BCUT2D eigenvalue weighted by molar-refractivity contribution is 6.39. The number of ketones is 2. The highest BCUT2D eigenvalue weighted by atomic mass is 16.7. The van der Waals surface area contributed by atoms with Crippen molar-refractivity contribution in [3.63, 3.8) is 0 Å². The zero-order valence-corrected chi connectivity index (χ0v) is 41.0. The zero-order valence-electron chi connectivity index (χ0n) is 41.0. The molecular weight excluding hydrogens is 859 g/mol. The normalized spacial score (nSPS) is 35.8. The number of carbonyl (C=O) groups is 4. The maximum absolute atomic E-state index is 14.5. The van der Waals surface area contributed by atoms with E-state index in [0.717, 1.165) is 22.1 Å². The minimum atomic E-state index is -2.52. The Bertz CT molecular complexity index is 2120. The first-order chi connectivity index (χ1) is 31.9. The number of ether oxygens (including phenoxy) is 6. The Hall–Kier alpha value is -4.18. The van der Waals surface area contributed by atoms with E-state index in [4.69, 9.17) is 28.4 Å². The van der Waals surface area contributed by atoms with Crippen molar-refractivity contribution < 1.29 is 62.9 Å². The highest BCUT2D eigenvalue weighted by Gasteiger charge is 2.56. The number of hydrogen-bond donors (Lipinski definition) is 3. The number of carbonyl (C=O) groups excluding carboxylic acids is 4. The second-order valence-corrected chi connectivity index (χ2v) is 19.9. The van der Waals surface area contributed by atoms with Crippen molar-refractivity contribution in [2.45, 2.75) is 167 Å². The molecule has 0 aromatic heterocycles. The van der Waals surface area contributed by atoms with E-state index < -0.39 is 90.0 Å². The zero-order chi connectivity index (χ0) is 48.7. The molecule has 0 spiro atoms. The third kappa shape index (κ3) is 12.2. The Labute approximate surface area is 396 Å². The lowest BCUT2D eigenvalue weighted by Gasteiger charge is -2.47. The van der Waals surface area contributed by atoms with Gasteiger partial charge in [0.05, 0.1) is 31.5 Å². The summed E-state index contributed by atoms with van der Waals surface area (Å²) >= 11 is 0. The maximum Gasteiger partial charge on any atom is 0.329 e. The van der Waals surface area contributed by atoms with Crippen LogP contribution in [0.2, 0.25) is 0 Å². The average molecular weight is 934 g/mol. The van der Waals surface area contributed by atoms with Crippen molar-refractivity contribution in [2.75, 3.05) is 27.9 Å². The number of methoxy groups -OCH3 is 3. The van der Waals surface area contributed by atoms with E-state index in [9.17, 15) is 34.5 Å². The summed E-state index contributed by atoms with van der Waals surface area (Å²) in [4.78, 5) is 58.4. The van der Waals surface area contributed by atoms with Gasteiger partial charge in [0.15, 0.2) is 0 Å². The van der Waals surface area contributed by atoms with Crippen LogP contribution >= 0.6 is 0 Å². The number of nitrogens with zero attached hydrogens (tertiary/aromatic N) is 1. The first-order valence-electron chi connectivity index (χ1n) is 24.4. The molecule has 14 heteroatoms.